The maximum atomic E-state index is 9.35. The van der Waals surface area contributed by atoms with Crippen LogP contribution in [0.4, 0.5) is 0 Å². The van der Waals surface area contributed by atoms with Gasteiger partial charge in [-0.3, -0.25) is 0 Å². The molecule has 1 saturated heterocycles. The molecule has 1 rings (SSSR count). The van der Waals surface area contributed by atoms with Gasteiger partial charge in [0.25, 0.3) is 0 Å². The summed E-state index contributed by atoms with van der Waals surface area (Å²) in [5.74, 6) is -2.00. The molecule has 0 aromatic rings. The first kappa shape index (κ1) is 10.6. The zero-order chi connectivity index (χ0) is 9.35. The normalized spacial score (nSPS) is 48.2. The molecule has 0 aliphatic carbocycles. The number of halogens is 1. The van der Waals surface area contributed by atoms with Crippen molar-refractivity contribution in [2.24, 2.45) is 0 Å². The van der Waals surface area contributed by atoms with E-state index in [2.05, 4.69) is 0 Å². The number of hydrogen-bond acceptors (Lipinski definition) is 5. The molecule has 4 atom stereocenters. The smallest absolute Gasteiger partial charge is 0.219 e. The molecule has 0 radical (unpaired) electrons. The summed E-state index contributed by atoms with van der Waals surface area (Å²) in [5.41, 5.74) is 0. The van der Waals surface area contributed by atoms with Crippen molar-refractivity contribution in [3.8, 4) is 0 Å². The fourth-order valence-electron chi connectivity index (χ4n) is 1.13. The molecule has 12 heavy (non-hydrogen) atoms. The van der Waals surface area contributed by atoms with Gasteiger partial charge in [-0.05, 0) is 0 Å². The predicted molar refractivity (Wildman–Crippen MR) is 47.8 cm³/mol. The summed E-state index contributed by atoms with van der Waals surface area (Å²) in [6.45, 7) is -0.724. The first-order valence-corrected chi connectivity index (χ1v) is 5.01. The van der Waals surface area contributed by atoms with Crippen molar-refractivity contribution in [3.05, 3.63) is 0 Å². The van der Waals surface area contributed by atoms with Gasteiger partial charge in [-0.2, -0.15) is 0 Å². The highest BCUT2D eigenvalue weighted by Crippen LogP contribution is 2.29. The van der Waals surface area contributed by atoms with Crippen LogP contribution >= 0.6 is 22.6 Å². The van der Waals surface area contributed by atoms with Gasteiger partial charge in [-0.15, -0.1) is 0 Å². The minimum Gasteiger partial charge on any atom is -0.391 e. The Bertz CT molecular complexity index is 166. The lowest BCUT2D eigenvalue weighted by Crippen LogP contribution is -2.46. The van der Waals surface area contributed by atoms with Gasteiger partial charge in [0.15, 0.2) is 0 Å². The fourth-order valence-corrected chi connectivity index (χ4v) is 1.83. The zero-order valence-corrected chi connectivity index (χ0v) is 8.38. The van der Waals surface area contributed by atoms with Gasteiger partial charge in [0.2, 0.25) is 5.79 Å². The third-order valence-corrected chi connectivity index (χ3v) is 2.77. The monoisotopic (exact) mass is 290 g/mol. The first-order valence-electron chi connectivity index (χ1n) is 3.48. The number of aliphatic hydroxyl groups is 4. The first-order chi connectivity index (χ1) is 5.55. The highest BCUT2D eigenvalue weighted by Gasteiger charge is 2.52. The molecule has 0 amide bonds. The molecule has 72 valence electrons. The predicted octanol–water partition coefficient (Wildman–Crippen LogP) is -1.78. The van der Waals surface area contributed by atoms with Crippen LogP contribution in [0.3, 0.4) is 0 Å². The van der Waals surface area contributed by atoms with E-state index in [9.17, 15) is 15.3 Å². The molecule has 0 saturated carbocycles. The Morgan fingerprint density at radius 3 is 2.25 bits per heavy atom. The summed E-state index contributed by atoms with van der Waals surface area (Å²) >= 11 is 1.96. The molecule has 5 nitrogen and oxygen atoms in total. The Kier molecular flexibility index (Phi) is 3.29. The van der Waals surface area contributed by atoms with Gasteiger partial charge in [0, 0.05) is 4.43 Å². The van der Waals surface area contributed by atoms with E-state index in [0.29, 0.717) is 4.43 Å². The van der Waals surface area contributed by atoms with Gasteiger partial charge in [0.05, 0.1) is 12.7 Å². The van der Waals surface area contributed by atoms with Crippen LogP contribution in [0, 0.1) is 0 Å². The summed E-state index contributed by atoms with van der Waals surface area (Å²) in [5, 5.41) is 36.5. The average molecular weight is 290 g/mol. The van der Waals surface area contributed by atoms with E-state index in [0.717, 1.165) is 0 Å². The van der Waals surface area contributed by atoms with E-state index in [1.165, 1.54) is 0 Å². The summed E-state index contributed by atoms with van der Waals surface area (Å²) < 4.78 is 5.31. The molecule has 1 aliphatic rings. The Morgan fingerprint density at radius 2 is 2.00 bits per heavy atom. The van der Waals surface area contributed by atoms with Gasteiger partial charge < -0.3 is 25.2 Å². The quantitative estimate of drug-likeness (QED) is 0.357. The van der Waals surface area contributed by atoms with Crippen molar-refractivity contribution in [1.82, 2.24) is 0 Å². The second-order valence-corrected chi connectivity index (χ2v) is 3.63. The number of ether oxygens (including phenoxy) is 1. The fraction of sp³-hybridized carbons (Fsp3) is 1.00. The van der Waals surface area contributed by atoms with E-state index in [-0.39, 0.29) is 0 Å². The molecule has 0 aromatic heterocycles. The number of hydrogen-bond donors (Lipinski definition) is 4. The second-order valence-electron chi connectivity index (χ2n) is 2.75. The van der Waals surface area contributed by atoms with Crippen molar-refractivity contribution < 1.29 is 25.2 Å². The van der Waals surface area contributed by atoms with E-state index in [1.807, 2.05) is 22.6 Å². The second kappa shape index (κ2) is 3.72. The highest BCUT2D eigenvalue weighted by molar-refractivity contribution is 14.1. The number of aliphatic hydroxyl groups excluding tert-OH is 3. The molecule has 4 N–H and O–H groups in total. The van der Waals surface area contributed by atoms with Crippen molar-refractivity contribution in [1.29, 1.82) is 0 Å². The molecule has 6 heteroatoms. The Hall–Kier alpha value is 0.530. The largest absolute Gasteiger partial charge is 0.391 e. The topological polar surface area (TPSA) is 90.2 Å². The van der Waals surface area contributed by atoms with Crippen molar-refractivity contribution in [3.63, 3.8) is 0 Å². The minimum absolute atomic E-state index is 0.443. The van der Waals surface area contributed by atoms with E-state index >= 15 is 0 Å². The third-order valence-electron chi connectivity index (χ3n) is 1.90. The standard InChI is InChI=1S/C6H11IO5/c7-1-3-4(9)5(10)6(11,2-8)12-3/h3-5,8-11H,1-2H2/t3-,4-,5+,6+/m1/s1. The van der Waals surface area contributed by atoms with Crippen LogP contribution in [0.5, 0.6) is 0 Å². The van der Waals surface area contributed by atoms with Crippen LogP contribution in [-0.2, 0) is 4.74 Å². The van der Waals surface area contributed by atoms with E-state index < -0.39 is 30.7 Å². The molecular formula is C6H11IO5. The minimum atomic E-state index is -2.00. The van der Waals surface area contributed by atoms with E-state index in [1.54, 1.807) is 0 Å². The van der Waals surface area contributed by atoms with E-state index in [4.69, 9.17) is 9.84 Å². The van der Waals surface area contributed by atoms with Crippen LogP contribution in [-0.4, -0.2) is 55.6 Å². The van der Waals surface area contributed by atoms with Gasteiger partial charge in [-0.25, -0.2) is 0 Å². The lowest BCUT2D eigenvalue weighted by Gasteiger charge is -2.22. The van der Waals surface area contributed by atoms with Crippen LogP contribution in [0.2, 0.25) is 0 Å². The van der Waals surface area contributed by atoms with Gasteiger partial charge in [-0.1, -0.05) is 22.6 Å². The average Bonchev–Trinajstić information content (AvgIpc) is 2.31. The van der Waals surface area contributed by atoms with Crippen LogP contribution in [0.25, 0.3) is 0 Å². The van der Waals surface area contributed by atoms with Gasteiger partial charge >= 0.3 is 0 Å². The Morgan fingerprint density at radius 1 is 1.42 bits per heavy atom. The molecular weight excluding hydrogens is 279 g/mol. The van der Waals surface area contributed by atoms with Gasteiger partial charge in [0.1, 0.15) is 12.2 Å². The highest BCUT2D eigenvalue weighted by atomic mass is 127. The lowest BCUT2D eigenvalue weighted by molar-refractivity contribution is -0.243. The summed E-state index contributed by atoms with van der Waals surface area (Å²) in [7, 11) is 0. The third kappa shape index (κ3) is 1.59. The summed E-state index contributed by atoms with van der Waals surface area (Å²) in [4.78, 5) is 0. The van der Waals surface area contributed by atoms with Crippen LogP contribution in [0.1, 0.15) is 0 Å². The zero-order valence-electron chi connectivity index (χ0n) is 6.22. The molecule has 0 aromatic carbocycles. The molecule has 1 heterocycles. The summed E-state index contributed by atoms with van der Waals surface area (Å²) in [6.07, 6.45) is -3.21. The van der Waals surface area contributed by atoms with Crippen LogP contribution in [0.15, 0.2) is 0 Å². The number of rotatable bonds is 2. The maximum absolute atomic E-state index is 9.35. The summed E-state index contributed by atoms with van der Waals surface area (Å²) in [6, 6.07) is 0. The van der Waals surface area contributed by atoms with Crippen molar-refractivity contribution in [2.75, 3.05) is 11.0 Å². The number of alkyl halides is 1. The van der Waals surface area contributed by atoms with Crippen molar-refractivity contribution in [2.45, 2.75) is 24.1 Å². The Balaban J connectivity index is 2.72. The molecule has 0 bridgehead atoms. The van der Waals surface area contributed by atoms with Crippen molar-refractivity contribution >= 4 is 22.6 Å². The molecule has 1 fully saturated rings. The maximum Gasteiger partial charge on any atom is 0.219 e. The Labute approximate surface area is 83.1 Å². The lowest BCUT2D eigenvalue weighted by atomic mass is 10.1. The molecule has 0 unspecified atom stereocenters. The SMILES string of the molecule is OC[C@]1(O)O[C@H](CI)[C@@H](O)[C@@H]1O. The molecule has 0 spiro atoms. The molecule has 1 aliphatic heterocycles. The van der Waals surface area contributed by atoms with Crippen LogP contribution < -0.4 is 0 Å².